The third-order valence-corrected chi connectivity index (χ3v) is 5.32. The second-order valence-electron chi connectivity index (χ2n) is 6.65. The number of fused-ring (bicyclic) bond motifs is 1. The van der Waals surface area contributed by atoms with E-state index in [9.17, 15) is 10.1 Å². The van der Waals surface area contributed by atoms with Crippen molar-refractivity contribution in [2.75, 3.05) is 38.2 Å². The van der Waals surface area contributed by atoms with Crippen LogP contribution in [0.15, 0.2) is 46.9 Å². The molecule has 0 spiro atoms. The van der Waals surface area contributed by atoms with E-state index in [-0.39, 0.29) is 5.69 Å². The van der Waals surface area contributed by atoms with Crippen molar-refractivity contribution in [2.45, 2.75) is 6.67 Å². The number of nitro groups is 1. The second-order valence-corrected chi connectivity index (χ2v) is 7.00. The van der Waals surface area contributed by atoms with Crippen molar-refractivity contribution in [3.05, 3.63) is 57.4 Å². The lowest BCUT2D eigenvalue weighted by atomic mass is 10.2. The molecule has 2 aromatic carbocycles. The van der Waals surface area contributed by atoms with Crippen LogP contribution in [0.3, 0.4) is 0 Å². The molecule has 0 unspecified atom stereocenters. The first kappa shape index (κ1) is 18.5. The molecule has 0 aliphatic carbocycles. The lowest BCUT2D eigenvalue weighted by molar-refractivity contribution is -0.384. The molecule has 0 radical (unpaired) electrons. The van der Waals surface area contributed by atoms with Crippen LogP contribution in [0.25, 0.3) is 11.1 Å². The second kappa shape index (κ2) is 7.61. The van der Waals surface area contributed by atoms with E-state index in [1.54, 1.807) is 13.2 Å². The Labute approximate surface area is 166 Å². The number of piperazine rings is 1. The molecule has 0 amide bonds. The van der Waals surface area contributed by atoms with Crippen LogP contribution in [0.1, 0.15) is 0 Å². The number of anilines is 1. The average Bonchev–Trinajstić information content (AvgIpc) is 3.03. The van der Waals surface area contributed by atoms with Gasteiger partial charge in [0.2, 0.25) is 0 Å². The van der Waals surface area contributed by atoms with Crippen LogP contribution in [0.2, 0.25) is 0 Å². The predicted molar refractivity (Wildman–Crippen MR) is 108 cm³/mol. The van der Waals surface area contributed by atoms with Gasteiger partial charge in [-0.05, 0) is 42.5 Å². The molecule has 1 aromatic heterocycles. The molecule has 0 N–H and O–H groups in total. The van der Waals surface area contributed by atoms with Crippen molar-refractivity contribution in [1.82, 2.24) is 9.47 Å². The van der Waals surface area contributed by atoms with Gasteiger partial charge < -0.3 is 14.1 Å². The van der Waals surface area contributed by atoms with Gasteiger partial charge in [-0.15, -0.1) is 0 Å². The van der Waals surface area contributed by atoms with Gasteiger partial charge in [-0.25, -0.2) is 0 Å². The number of oxazole rings is 1. The van der Waals surface area contributed by atoms with Crippen molar-refractivity contribution < 1.29 is 14.1 Å². The number of benzene rings is 2. The molecule has 1 aliphatic rings. The summed E-state index contributed by atoms with van der Waals surface area (Å²) in [5.74, 6) is 0.845. The zero-order chi connectivity index (χ0) is 19.7. The van der Waals surface area contributed by atoms with E-state index in [4.69, 9.17) is 21.4 Å². The van der Waals surface area contributed by atoms with Crippen LogP contribution >= 0.6 is 12.2 Å². The molecule has 0 atom stereocenters. The Balaban J connectivity index is 1.47. The Morgan fingerprint density at radius 3 is 2.50 bits per heavy atom. The van der Waals surface area contributed by atoms with Crippen molar-refractivity contribution in [3.63, 3.8) is 0 Å². The van der Waals surface area contributed by atoms with E-state index < -0.39 is 4.92 Å². The average molecular weight is 400 g/mol. The maximum atomic E-state index is 11.1. The molecule has 146 valence electrons. The Hall–Kier alpha value is -2.91. The van der Waals surface area contributed by atoms with Crippen LogP contribution in [-0.4, -0.2) is 47.7 Å². The molecule has 2 heterocycles. The van der Waals surface area contributed by atoms with Crippen LogP contribution < -0.4 is 9.64 Å². The van der Waals surface area contributed by atoms with Gasteiger partial charge in [-0.1, -0.05) is 0 Å². The summed E-state index contributed by atoms with van der Waals surface area (Å²) >= 11 is 5.33. The smallest absolute Gasteiger partial charge is 0.271 e. The number of nitrogens with zero attached hydrogens (tertiary/aromatic N) is 4. The molecular formula is C19H20N4O4S. The van der Waals surface area contributed by atoms with Gasteiger partial charge in [0, 0.05) is 44.0 Å². The highest BCUT2D eigenvalue weighted by atomic mass is 32.1. The molecule has 1 fully saturated rings. The minimum absolute atomic E-state index is 0.0291. The Morgan fingerprint density at radius 2 is 1.86 bits per heavy atom. The fourth-order valence-corrected chi connectivity index (χ4v) is 3.68. The van der Waals surface area contributed by atoms with Gasteiger partial charge >= 0.3 is 0 Å². The van der Waals surface area contributed by atoms with E-state index in [0.717, 1.165) is 31.9 Å². The monoisotopic (exact) mass is 400 g/mol. The van der Waals surface area contributed by atoms with E-state index >= 15 is 0 Å². The number of nitro benzene ring substituents is 1. The molecule has 0 bridgehead atoms. The largest absolute Gasteiger partial charge is 0.497 e. The molecule has 3 aromatic rings. The van der Waals surface area contributed by atoms with Crippen molar-refractivity contribution in [2.24, 2.45) is 0 Å². The first-order chi connectivity index (χ1) is 13.5. The lowest BCUT2D eigenvalue weighted by Crippen LogP contribution is -2.46. The molecule has 8 nitrogen and oxygen atoms in total. The van der Waals surface area contributed by atoms with E-state index in [1.807, 2.05) is 16.7 Å². The molecule has 4 rings (SSSR count). The third-order valence-electron chi connectivity index (χ3n) is 5.01. The number of aromatic nitrogens is 1. The summed E-state index contributed by atoms with van der Waals surface area (Å²) in [6, 6.07) is 12.6. The topological polar surface area (TPSA) is 76.9 Å². The maximum absolute atomic E-state index is 11.1. The number of rotatable bonds is 5. The zero-order valence-electron chi connectivity index (χ0n) is 15.4. The summed E-state index contributed by atoms with van der Waals surface area (Å²) in [6.07, 6.45) is 0. The summed E-state index contributed by atoms with van der Waals surface area (Å²) in [6.45, 7) is 4.03. The highest BCUT2D eigenvalue weighted by Gasteiger charge is 2.20. The summed E-state index contributed by atoms with van der Waals surface area (Å²) in [4.78, 5) is 15.6. The van der Waals surface area contributed by atoms with Gasteiger partial charge in [0.25, 0.3) is 10.5 Å². The van der Waals surface area contributed by atoms with Crippen LogP contribution in [0, 0.1) is 15.0 Å². The summed E-state index contributed by atoms with van der Waals surface area (Å²) in [5.41, 5.74) is 2.41. The summed E-state index contributed by atoms with van der Waals surface area (Å²) in [7, 11) is 1.66. The van der Waals surface area contributed by atoms with Crippen molar-refractivity contribution in [3.8, 4) is 5.75 Å². The van der Waals surface area contributed by atoms with E-state index in [0.29, 0.717) is 22.6 Å². The standard InChI is InChI=1S/C19H20N4O4S/c1-26-16-5-2-14(3-6-16)21-10-8-20(9-11-21)13-22-17-12-15(23(24)25)4-7-18(17)27-19(22)28/h2-7,12H,8-11,13H2,1H3. The molecule has 28 heavy (non-hydrogen) atoms. The summed E-state index contributed by atoms with van der Waals surface area (Å²) < 4.78 is 12.6. The normalized spacial score (nSPS) is 15.1. The lowest BCUT2D eigenvalue weighted by Gasteiger charge is -2.36. The number of hydrogen-bond donors (Lipinski definition) is 0. The predicted octanol–water partition coefficient (Wildman–Crippen LogP) is 3.66. The summed E-state index contributed by atoms with van der Waals surface area (Å²) in [5, 5.41) is 11.1. The molecule has 0 saturated carbocycles. The molecule has 9 heteroatoms. The number of non-ortho nitro benzene ring substituents is 1. The quantitative estimate of drug-likeness (QED) is 0.367. The fourth-order valence-electron chi connectivity index (χ4n) is 3.44. The first-order valence-electron chi connectivity index (χ1n) is 8.94. The van der Waals surface area contributed by atoms with E-state index in [2.05, 4.69) is 21.9 Å². The molecule has 1 aliphatic heterocycles. The van der Waals surface area contributed by atoms with Gasteiger partial charge in [0.1, 0.15) is 5.75 Å². The number of methoxy groups -OCH3 is 1. The van der Waals surface area contributed by atoms with Crippen LogP contribution in [0.5, 0.6) is 5.75 Å². The number of hydrogen-bond acceptors (Lipinski definition) is 7. The first-order valence-corrected chi connectivity index (χ1v) is 9.35. The Morgan fingerprint density at radius 1 is 1.14 bits per heavy atom. The van der Waals surface area contributed by atoms with Gasteiger partial charge in [0.05, 0.1) is 24.2 Å². The minimum Gasteiger partial charge on any atom is -0.497 e. The third kappa shape index (κ3) is 3.58. The van der Waals surface area contributed by atoms with Gasteiger partial charge in [-0.2, -0.15) is 0 Å². The molecular weight excluding hydrogens is 380 g/mol. The van der Waals surface area contributed by atoms with E-state index in [1.165, 1.54) is 17.8 Å². The minimum atomic E-state index is -0.409. The highest BCUT2D eigenvalue weighted by Crippen LogP contribution is 2.24. The Bertz CT molecular complexity index is 1050. The zero-order valence-corrected chi connectivity index (χ0v) is 16.2. The van der Waals surface area contributed by atoms with Crippen LogP contribution in [-0.2, 0) is 6.67 Å². The van der Waals surface area contributed by atoms with Crippen molar-refractivity contribution in [1.29, 1.82) is 0 Å². The van der Waals surface area contributed by atoms with Gasteiger partial charge in [0.15, 0.2) is 5.58 Å². The number of ether oxygens (including phenoxy) is 1. The Kier molecular flexibility index (Phi) is 5.01. The fraction of sp³-hybridized carbons (Fsp3) is 0.316. The highest BCUT2D eigenvalue weighted by molar-refractivity contribution is 7.71. The van der Waals surface area contributed by atoms with Crippen molar-refractivity contribution >= 4 is 34.7 Å². The van der Waals surface area contributed by atoms with Gasteiger partial charge in [-0.3, -0.25) is 19.6 Å². The molecule has 1 saturated heterocycles. The van der Waals surface area contributed by atoms with Crippen LogP contribution in [0.4, 0.5) is 11.4 Å². The SMILES string of the molecule is COc1ccc(N2CCN(Cn3c(=S)oc4ccc([N+](=O)[O-])cc43)CC2)cc1. The maximum Gasteiger partial charge on any atom is 0.271 e.